The predicted octanol–water partition coefficient (Wildman–Crippen LogP) is 3.79. The quantitative estimate of drug-likeness (QED) is 0.869. The van der Waals surface area contributed by atoms with Crippen LogP contribution in [-0.4, -0.2) is 16.1 Å². The summed E-state index contributed by atoms with van der Waals surface area (Å²) in [4.78, 5) is 15.9. The van der Waals surface area contributed by atoms with E-state index in [1.807, 2.05) is 11.4 Å². The summed E-state index contributed by atoms with van der Waals surface area (Å²) in [5.74, 6) is -0.273. The van der Waals surface area contributed by atoms with Gasteiger partial charge < -0.3 is 5.11 Å². The van der Waals surface area contributed by atoms with Gasteiger partial charge in [-0.3, -0.25) is 0 Å². The first-order valence-electron chi connectivity index (χ1n) is 4.71. The largest absolute Gasteiger partial charge is 0.478 e. The third kappa shape index (κ3) is 3.21. The summed E-state index contributed by atoms with van der Waals surface area (Å²) in [5.41, 5.74) is 0.135. The van der Waals surface area contributed by atoms with Crippen LogP contribution in [0.25, 0.3) is 0 Å². The van der Waals surface area contributed by atoms with Gasteiger partial charge in [-0.25, -0.2) is 9.78 Å². The van der Waals surface area contributed by atoms with Gasteiger partial charge in [-0.15, -0.1) is 23.1 Å². The van der Waals surface area contributed by atoms with Gasteiger partial charge in [0.05, 0.1) is 16.3 Å². The van der Waals surface area contributed by atoms with E-state index < -0.39 is 5.97 Å². The van der Waals surface area contributed by atoms with Crippen LogP contribution in [0.5, 0.6) is 0 Å². The number of halogens is 1. The average molecular weight is 286 g/mol. The molecule has 0 atom stereocenters. The Kier molecular flexibility index (Phi) is 4.04. The standard InChI is InChI=1S/C11H8ClNO2S2/c12-9-2-1-7(5-8(9)11(14)15)17-6-10-13-3-4-16-10/h1-5H,6H2,(H,14,15). The number of hydrogen-bond donors (Lipinski definition) is 1. The molecule has 1 aromatic heterocycles. The van der Waals surface area contributed by atoms with E-state index in [0.717, 1.165) is 15.7 Å². The van der Waals surface area contributed by atoms with Crippen LogP contribution in [0.4, 0.5) is 0 Å². The predicted molar refractivity (Wildman–Crippen MR) is 70.1 cm³/mol. The molecule has 3 nitrogen and oxygen atoms in total. The number of carboxylic acids is 1. The fourth-order valence-electron chi connectivity index (χ4n) is 1.23. The normalized spacial score (nSPS) is 10.4. The lowest BCUT2D eigenvalue weighted by molar-refractivity contribution is 0.0697. The van der Waals surface area contributed by atoms with Gasteiger partial charge in [-0.05, 0) is 18.2 Å². The molecule has 17 heavy (non-hydrogen) atoms. The first-order valence-corrected chi connectivity index (χ1v) is 6.95. The zero-order chi connectivity index (χ0) is 12.3. The Balaban J connectivity index is 2.11. The van der Waals surface area contributed by atoms with E-state index in [4.69, 9.17) is 16.7 Å². The van der Waals surface area contributed by atoms with E-state index in [1.54, 1.807) is 41.4 Å². The molecule has 6 heteroatoms. The summed E-state index contributed by atoms with van der Waals surface area (Å²) < 4.78 is 0. The molecule has 0 unspecified atom stereocenters. The highest BCUT2D eigenvalue weighted by Gasteiger charge is 2.09. The van der Waals surface area contributed by atoms with Crippen LogP contribution in [0, 0.1) is 0 Å². The second-order valence-corrected chi connectivity index (χ2v) is 5.60. The van der Waals surface area contributed by atoms with E-state index in [9.17, 15) is 4.79 Å². The minimum Gasteiger partial charge on any atom is -0.478 e. The minimum absolute atomic E-state index is 0.135. The molecule has 88 valence electrons. The first-order chi connectivity index (χ1) is 8.16. The molecule has 1 aromatic carbocycles. The molecule has 0 saturated heterocycles. The van der Waals surface area contributed by atoms with E-state index >= 15 is 0 Å². The van der Waals surface area contributed by atoms with Crippen LogP contribution in [0.15, 0.2) is 34.7 Å². The Labute approximate surface area is 111 Å². The number of thiazole rings is 1. The first kappa shape index (κ1) is 12.4. The summed E-state index contributed by atoms with van der Waals surface area (Å²) in [6.07, 6.45) is 1.76. The minimum atomic E-state index is -1.01. The van der Waals surface area contributed by atoms with Crippen LogP contribution < -0.4 is 0 Å². The van der Waals surface area contributed by atoms with Crippen LogP contribution in [-0.2, 0) is 5.75 Å². The van der Waals surface area contributed by atoms with Gasteiger partial charge in [0.15, 0.2) is 0 Å². The number of hydrogen-bond acceptors (Lipinski definition) is 4. The summed E-state index contributed by atoms with van der Waals surface area (Å²) in [5, 5.41) is 12.1. The molecular weight excluding hydrogens is 278 g/mol. The third-order valence-corrected chi connectivity index (χ3v) is 4.31. The lowest BCUT2D eigenvalue weighted by Gasteiger charge is -2.03. The van der Waals surface area contributed by atoms with Gasteiger partial charge in [0, 0.05) is 16.5 Å². The molecule has 1 heterocycles. The summed E-state index contributed by atoms with van der Waals surface area (Å²) in [6.45, 7) is 0. The molecule has 2 rings (SSSR count). The molecule has 0 spiro atoms. The van der Waals surface area contributed by atoms with Crippen LogP contribution >= 0.6 is 34.7 Å². The molecule has 0 aliphatic rings. The van der Waals surface area contributed by atoms with Crippen molar-refractivity contribution in [3.8, 4) is 0 Å². The second-order valence-electron chi connectivity index (χ2n) is 3.16. The molecule has 0 amide bonds. The number of carboxylic acid groups (broad SMARTS) is 1. The van der Waals surface area contributed by atoms with Crippen LogP contribution in [0.1, 0.15) is 15.4 Å². The zero-order valence-corrected chi connectivity index (χ0v) is 11.0. The fourth-order valence-corrected chi connectivity index (χ4v) is 3.01. The number of nitrogens with zero attached hydrogens (tertiary/aromatic N) is 1. The Morgan fingerprint density at radius 1 is 1.53 bits per heavy atom. The number of aromatic carboxylic acids is 1. The number of aromatic nitrogens is 1. The van der Waals surface area contributed by atoms with Gasteiger partial charge in [0.25, 0.3) is 0 Å². The van der Waals surface area contributed by atoms with Crippen molar-refractivity contribution in [3.05, 3.63) is 45.4 Å². The van der Waals surface area contributed by atoms with Crippen LogP contribution in [0.2, 0.25) is 5.02 Å². The van der Waals surface area contributed by atoms with Crippen molar-refractivity contribution < 1.29 is 9.90 Å². The Bertz CT molecular complexity index is 528. The SMILES string of the molecule is O=C(O)c1cc(SCc2nccs2)ccc1Cl. The van der Waals surface area contributed by atoms with Crippen LogP contribution in [0.3, 0.4) is 0 Å². The van der Waals surface area contributed by atoms with Crippen molar-refractivity contribution in [2.24, 2.45) is 0 Å². The molecule has 2 aromatic rings. The maximum atomic E-state index is 10.9. The number of carbonyl (C=O) groups is 1. The van der Waals surface area contributed by atoms with E-state index in [2.05, 4.69) is 4.98 Å². The fraction of sp³-hybridized carbons (Fsp3) is 0.0909. The van der Waals surface area contributed by atoms with Crippen molar-refractivity contribution in [2.75, 3.05) is 0 Å². The maximum absolute atomic E-state index is 10.9. The van der Waals surface area contributed by atoms with Gasteiger partial charge in [0.2, 0.25) is 0 Å². The number of benzene rings is 1. The molecule has 0 saturated carbocycles. The molecule has 0 radical (unpaired) electrons. The number of thioether (sulfide) groups is 1. The summed E-state index contributed by atoms with van der Waals surface area (Å²) in [6, 6.07) is 5.01. The average Bonchev–Trinajstić information content (AvgIpc) is 2.80. The molecule has 0 aliphatic heterocycles. The lowest BCUT2D eigenvalue weighted by atomic mass is 10.2. The smallest absolute Gasteiger partial charge is 0.337 e. The van der Waals surface area contributed by atoms with E-state index in [-0.39, 0.29) is 10.6 Å². The monoisotopic (exact) mass is 285 g/mol. The zero-order valence-electron chi connectivity index (χ0n) is 8.59. The summed E-state index contributed by atoms with van der Waals surface area (Å²) in [7, 11) is 0. The van der Waals surface area contributed by atoms with Gasteiger partial charge in [-0.2, -0.15) is 0 Å². The molecular formula is C11H8ClNO2S2. The highest BCUT2D eigenvalue weighted by atomic mass is 35.5. The Morgan fingerprint density at radius 3 is 3.00 bits per heavy atom. The highest BCUT2D eigenvalue weighted by Crippen LogP contribution is 2.27. The van der Waals surface area contributed by atoms with Crippen molar-refractivity contribution in [2.45, 2.75) is 10.6 Å². The Morgan fingerprint density at radius 2 is 2.35 bits per heavy atom. The van der Waals surface area contributed by atoms with Crippen molar-refractivity contribution in [1.29, 1.82) is 0 Å². The van der Waals surface area contributed by atoms with E-state index in [1.165, 1.54) is 0 Å². The maximum Gasteiger partial charge on any atom is 0.337 e. The lowest BCUT2D eigenvalue weighted by Crippen LogP contribution is -1.97. The topological polar surface area (TPSA) is 50.2 Å². The van der Waals surface area contributed by atoms with Gasteiger partial charge in [-0.1, -0.05) is 11.6 Å². The molecule has 0 fully saturated rings. The van der Waals surface area contributed by atoms with Crippen molar-refractivity contribution >= 4 is 40.7 Å². The molecule has 0 aliphatic carbocycles. The Hall–Kier alpha value is -1.04. The van der Waals surface area contributed by atoms with Gasteiger partial charge in [0.1, 0.15) is 5.01 Å². The van der Waals surface area contributed by atoms with Crippen molar-refractivity contribution in [3.63, 3.8) is 0 Å². The van der Waals surface area contributed by atoms with E-state index in [0.29, 0.717) is 0 Å². The highest BCUT2D eigenvalue weighted by molar-refractivity contribution is 7.98. The molecule has 0 bridgehead atoms. The molecule has 1 N–H and O–H groups in total. The van der Waals surface area contributed by atoms with Crippen molar-refractivity contribution in [1.82, 2.24) is 4.98 Å². The number of rotatable bonds is 4. The van der Waals surface area contributed by atoms with Gasteiger partial charge >= 0.3 is 5.97 Å². The summed E-state index contributed by atoms with van der Waals surface area (Å²) >= 11 is 8.92. The second kappa shape index (κ2) is 5.53. The third-order valence-electron chi connectivity index (χ3n) is 2.01.